The van der Waals surface area contributed by atoms with E-state index in [0.29, 0.717) is 5.92 Å². The van der Waals surface area contributed by atoms with Gasteiger partial charge in [-0.05, 0) is 19.4 Å². The van der Waals surface area contributed by atoms with Crippen molar-refractivity contribution in [2.45, 2.75) is 33.4 Å². The summed E-state index contributed by atoms with van der Waals surface area (Å²) in [7, 11) is 0. The van der Waals surface area contributed by atoms with Crippen molar-refractivity contribution in [2.24, 2.45) is 5.92 Å². The highest BCUT2D eigenvalue weighted by Crippen LogP contribution is 2.07. The van der Waals surface area contributed by atoms with Crippen LogP contribution >= 0.6 is 0 Å². The molecule has 0 aliphatic rings. The Morgan fingerprint density at radius 2 is 2.27 bits per heavy atom. The summed E-state index contributed by atoms with van der Waals surface area (Å²) in [6, 6.07) is 2.05. The molecule has 1 heterocycles. The highest BCUT2D eigenvalue weighted by molar-refractivity contribution is 4.99. The van der Waals surface area contributed by atoms with Gasteiger partial charge in [-0.15, -0.1) is 0 Å². The topological polar surface area (TPSA) is 53.6 Å². The van der Waals surface area contributed by atoms with E-state index in [-0.39, 0.29) is 6.04 Å². The molecule has 1 rings (SSSR count). The van der Waals surface area contributed by atoms with Gasteiger partial charge in [0.05, 0.1) is 12.6 Å². The highest BCUT2D eigenvalue weighted by atomic mass is 15.1. The van der Waals surface area contributed by atoms with E-state index in [4.69, 9.17) is 5.26 Å². The minimum Gasteiger partial charge on any atom is -0.318 e. The van der Waals surface area contributed by atoms with Gasteiger partial charge < -0.3 is 9.88 Å². The fraction of sp³-hybridized carbons (Fsp3) is 0.636. The first-order valence-corrected chi connectivity index (χ1v) is 5.27. The molecule has 0 aliphatic carbocycles. The number of imidazole rings is 1. The fourth-order valence-electron chi connectivity index (χ4n) is 1.37. The fourth-order valence-corrected chi connectivity index (χ4v) is 1.37. The van der Waals surface area contributed by atoms with E-state index in [1.165, 1.54) is 0 Å². The zero-order chi connectivity index (χ0) is 11.3. The van der Waals surface area contributed by atoms with Gasteiger partial charge in [-0.25, -0.2) is 4.98 Å². The first-order chi connectivity index (χ1) is 7.15. The molecule has 4 nitrogen and oxygen atoms in total. The zero-order valence-corrected chi connectivity index (χ0v) is 9.57. The molecule has 0 bridgehead atoms. The lowest BCUT2D eigenvalue weighted by molar-refractivity contribution is 0.523. The number of nitrogens with zero attached hydrogens (tertiary/aromatic N) is 3. The van der Waals surface area contributed by atoms with Gasteiger partial charge in [0.25, 0.3) is 0 Å². The number of aromatic nitrogens is 2. The largest absolute Gasteiger partial charge is 0.318 e. The van der Waals surface area contributed by atoms with E-state index in [1.54, 1.807) is 6.20 Å². The molecule has 0 fully saturated rings. The molecule has 0 aliphatic heterocycles. The lowest BCUT2D eigenvalue weighted by Gasteiger charge is -2.11. The summed E-state index contributed by atoms with van der Waals surface area (Å²) in [6.07, 6.45) is 3.58. The van der Waals surface area contributed by atoms with Gasteiger partial charge in [-0.3, -0.25) is 0 Å². The maximum Gasteiger partial charge on any atom is 0.123 e. The van der Waals surface area contributed by atoms with E-state index >= 15 is 0 Å². The highest BCUT2D eigenvalue weighted by Gasteiger charge is 2.08. The van der Waals surface area contributed by atoms with Gasteiger partial charge >= 0.3 is 0 Å². The van der Waals surface area contributed by atoms with Gasteiger partial charge in [0.1, 0.15) is 11.9 Å². The predicted molar refractivity (Wildman–Crippen MR) is 59.1 cm³/mol. The summed E-state index contributed by atoms with van der Waals surface area (Å²) < 4.78 is 1.90. The number of hydrogen-bond acceptors (Lipinski definition) is 3. The van der Waals surface area contributed by atoms with Crippen LogP contribution in [0.4, 0.5) is 0 Å². The Bertz CT molecular complexity index is 335. The first-order valence-electron chi connectivity index (χ1n) is 5.27. The van der Waals surface area contributed by atoms with E-state index in [0.717, 1.165) is 18.9 Å². The van der Waals surface area contributed by atoms with Crippen LogP contribution in [-0.2, 0) is 6.54 Å². The molecule has 0 amide bonds. The van der Waals surface area contributed by atoms with Gasteiger partial charge in [-0.2, -0.15) is 5.26 Å². The number of rotatable bonds is 5. The van der Waals surface area contributed by atoms with Crippen LogP contribution in [0.5, 0.6) is 0 Å². The molecule has 0 radical (unpaired) electrons. The van der Waals surface area contributed by atoms with E-state index in [2.05, 4.69) is 30.2 Å². The molecule has 0 saturated carbocycles. The maximum absolute atomic E-state index is 8.83. The second kappa shape index (κ2) is 5.52. The summed E-state index contributed by atoms with van der Waals surface area (Å²) in [6.45, 7) is 7.88. The second-order valence-electron chi connectivity index (χ2n) is 4.08. The van der Waals surface area contributed by atoms with Crippen molar-refractivity contribution in [3.8, 4) is 6.07 Å². The first kappa shape index (κ1) is 11.7. The average Bonchev–Trinajstić information content (AvgIpc) is 2.64. The van der Waals surface area contributed by atoms with E-state index < -0.39 is 0 Å². The number of nitrogens with one attached hydrogen (secondary N) is 1. The Morgan fingerprint density at radius 1 is 1.53 bits per heavy atom. The second-order valence-corrected chi connectivity index (χ2v) is 4.08. The van der Waals surface area contributed by atoms with Crippen LogP contribution < -0.4 is 5.32 Å². The minimum absolute atomic E-state index is 0.150. The van der Waals surface area contributed by atoms with Crippen LogP contribution in [0, 0.1) is 17.2 Å². The van der Waals surface area contributed by atoms with Gasteiger partial charge in [0.15, 0.2) is 0 Å². The third-order valence-electron chi connectivity index (χ3n) is 2.19. The zero-order valence-electron chi connectivity index (χ0n) is 9.57. The number of hydrogen-bond donors (Lipinski definition) is 1. The predicted octanol–water partition coefficient (Wildman–Crippen LogP) is 1.71. The van der Waals surface area contributed by atoms with Crippen LogP contribution in [0.1, 0.15) is 32.6 Å². The maximum atomic E-state index is 8.83. The summed E-state index contributed by atoms with van der Waals surface area (Å²) in [4.78, 5) is 4.23. The SMILES string of the molecule is CC(C)CNCc1nccn1C(C)C#N. The summed E-state index contributed by atoms with van der Waals surface area (Å²) in [5.74, 6) is 1.55. The normalized spacial score (nSPS) is 12.7. The Balaban J connectivity index is 2.55. The molecule has 0 spiro atoms. The third-order valence-corrected chi connectivity index (χ3v) is 2.19. The summed E-state index contributed by atoms with van der Waals surface area (Å²) >= 11 is 0. The Hall–Kier alpha value is -1.34. The van der Waals surface area contributed by atoms with Crippen LogP contribution in [0.15, 0.2) is 12.4 Å². The Labute approximate surface area is 90.9 Å². The molecule has 1 unspecified atom stereocenters. The molecule has 1 aromatic heterocycles. The standard InChI is InChI=1S/C11H18N4/c1-9(2)7-13-8-11-14-4-5-15(11)10(3)6-12/h4-5,9-10,13H,7-8H2,1-3H3. The van der Waals surface area contributed by atoms with E-state index in [9.17, 15) is 0 Å². The van der Waals surface area contributed by atoms with Crippen molar-refractivity contribution in [3.05, 3.63) is 18.2 Å². The summed E-state index contributed by atoms with van der Waals surface area (Å²) in [5, 5.41) is 12.1. The molecule has 82 valence electrons. The van der Waals surface area contributed by atoms with Crippen LogP contribution in [-0.4, -0.2) is 16.1 Å². The monoisotopic (exact) mass is 206 g/mol. The van der Waals surface area contributed by atoms with Crippen molar-refractivity contribution in [1.29, 1.82) is 5.26 Å². The molecule has 0 aromatic carbocycles. The molecular formula is C11H18N4. The summed E-state index contributed by atoms with van der Waals surface area (Å²) in [5.41, 5.74) is 0. The lowest BCUT2D eigenvalue weighted by atomic mass is 10.2. The lowest BCUT2D eigenvalue weighted by Crippen LogP contribution is -2.22. The molecule has 4 heteroatoms. The van der Waals surface area contributed by atoms with Crippen molar-refractivity contribution in [3.63, 3.8) is 0 Å². The van der Waals surface area contributed by atoms with Crippen molar-refractivity contribution in [2.75, 3.05) is 6.54 Å². The van der Waals surface area contributed by atoms with Crippen molar-refractivity contribution >= 4 is 0 Å². The van der Waals surface area contributed by atoms with E-state index in [1.807, 2.05) is 17.7 Å². The Morgan fingerprint density at radius 3 is 2.87 bits per heavy atom. The minimum atomic E-state index is -0.150. The Kier molecular flexibility index (Phi) is 4.32. The van der Waals surface area contributed by atoms with Gasteiger partial charge in [0.2, 0.25) is 0 Å². The number of nitriles is 1. The van der Waals surface area contributed by atoms with Gasteiger partial charge in [-0.1, -0.05) is 13.8 Å². The quantitative estimate of drug-likeness (QED) is 0.798. The molecule has 15 heavy (non-hydrogen) atoms. The smallest absolute Gasteiger partial charge is 0.123 e. The molecular weight excluding hydrogens is 188 g/mol. The molecule has 1 atom stereocenters. The van der Waals surface area contributed by atoms with Crippen molar-refractivity contribution in [1.82, 2.24) is 14.9 Å². The molecule has 1 N–H and O–H groups in total. The van der Waals surface area contributed by atoms with Crippen LogP contribution in [0.3, 0.4) is 0 Å². The van der Waals surface area contributed by atoms with Gasteiger partial charge in [0, 0.05) is 12.4 Å². The average molecular weight is 206 g/mol. The van der Waals surface area contributed by atoms with Crippen molar-refractivity contribution < 1.29 is 0 Å². The van der Waals surface area contributed by atoms with Crippen LogP contribution in [0.25, 0.3) is 0 Å². The molecule has 1 aromatic rings. The molecule has 0 saturated heterocycles. The van der Waals surface area contributed by atoms with Crippen LogP contribution in [0.2, 0.25) is 0 Å². The third kappa shape index (κ3) is 3.37.